The molecule has 0 spiro atoms. The van der Waals surface area contributed by atoms with E-state index >= 15 is 0 Å². The zero-order chi connectivity index (χ0) is 7.68. The number of hydrogen-bond acceptors (Lipinski definition) is 2. The maximum atomic E-state index is 13.0. The summed E-state index contributed by atoms with van der Waals surface area (Å²) < 4.78 is 13.0. The van der Waals surface area contributed by atoms with E-state index in [0.29, 0.717) is 0 Å². The number of hydrogen-bond donors (Lipinski definition) is 1. The molecule has 3 heteroatoms. The lowest BCUT2D eigenvalue weighted by Crippen LogP contribution is -2.35. The van der Waals surface area contributed by atoms with Gasteiger partial charge in [-0.1, -0.05) is 0 Å². The normalized spacial score (nSPS) is 22.8. The van der Waals surface area contributed by atoms with E-state index in [2.05, 4.69) is 10.3 Å². The van der Waals surface area contributed by atoms with Crippen molar-refractivity contribution in [2.45, 2.75) is 12.5 Å². The SMILES string of the molecule is Fc1cnccc1C1CCN1. The first kappa shape index (κ1) is 6.73. The van der Waals surface area contributed by atoms with Crippen LogP contribution in [0.25, 0.3) is 0 Å². The summed E-state index contributed by atoms with van der Waals surface area (Å²) in [6, 6.07) is 1.95. The first-order valence-corrected chi connectivity index (χ1v) is 3.71. The van der Waals surface area contributed by atoms with Crippen LogP contribution in [0.3, 0.4) is 0 Å². The average Bonchev–Trinajstić information content (AvgIpc) is 1.90. The highest BCUT2D eigenvalue weighted by Gasteiger charge is 2.20. The van der Waals surface area contributed by atoms with Crippen molar-refractivity contribution in [2.24, 2.45) is 0 Å². The first-order chi connectivity index (χ1) is 5.38. The molecule has 1 saturated heterocycles. The average molecular weight is 152 g/mol. The van der Waals surface area contributed by atoms with Crippen LogP contribution < -0.4 is 5.32 Å². The van der Waals surface area contributed by atoms with E-state index in [4.69, 9.17) is 0 Å². The summed E-state index contributed by atoms with van der Waals surface area (Å²) in [5.41, 5.74) is 0.742. The van der Waals surface area contributed by atoms with E-state index < -0.39 is 0 Å². The Kier molecular flexibility index (Phi) is 1.58. The molecule has 0 saturated carbocycles. The zero-order valence-electron chi connectivity index (χ0n) is 6.05. The molecule has 1 N–H and O–H groups in total. The lowest BCUT2D eigenvalue weighted by Gasteiger charge is -2.27. The Morgan fingerprint density at radius 3 is 3.00 bits per heavy atom. The molecule has 1 fully saturated rings. The van der Waals surface area contributed by atoms with Gasteiger partial charge in [0, 0.05) is 17.8 Å². The van der Waals surface area contributed by atoms with Gasteiger partial charge in [-0.25, -0.2) is 4.39 Å². The number of rotatable bonds is 1. The standard InChI is InChI=1S/C8H9FN2/c9-7-5-10-3-1-6(7)8-2-4-11-8/h1,3,5,8,11H,2,4H2. The number of nitrogens with one attached hydrogen (secondary N) is 1. The quantitative estimate of drug-likeness (QED) is 0.655. The Morgan fingerprint density at radius 1 is 1.64 bits per heavy atom. The van der Waals surface area contributed by atoms with E-state index in [0.717, 1.165) is 18.5 Å². The predicted molar refractivity (Wildman–Crippen MR) is 39.6 cm³/mol. The van der Waals surface area contributed by atoms with Gasteiger partial charge >= 0.3 is 0 Å². The van der Waals surface area contributed by atoms with Gasteiger partial charge in [0.05, 0.1) is 6.20 Å². The molecule has 2 nitrogen and oxygen atoms in total. The fourth-order valence-electron chi connectivity index (χ4n) is 1.22. The summed E-state index contributed by atoms with van der Waals surface area (Å²) in [5, 5.41) is 3.13. The van der Waals surface area contributed by atoms with Gasteiger partial charge in [-0.3, -0.25) is 4.98 Å². The molecule has 1 aromatic rings. The second-order valence-electron chi connectivity index (χ2n) is 2.69. The van der Waals surface area contributed by atoms with Crippen molar-refractivity contribution in [1.29, 1.82) is 0 Å². The molecule has 0 amide bonds. The number of halogens is 1. The van der Waals surface area contributed by atoms with Gasteiger partial charge in [-0.05, 0) is 19.0 Å². The molecule has 11 heavy (non-hydrogen) atoms. The van der Waals surface area contributed by atoms with Crippen LogP contribution in [0.15, 0.2) is 18.5 Å². The van der Waals surface area contributed by atoms with Gasteiger partial charge < -0.3 is 5.32 Å². The van der Waals surface area contributed by atoms with Crippen molar-refractivity contribution < 1.29 is 4.39 Å². The van der Waals surface area contributed by atoms with Crippen molar-refractivity contribution in [3.05, 3.63) is 29.8 Å². The topological polar surface area (TPSA) is 24.9 Å². The first-order valence-electron chi connectivity index (χ1n) is 3.71. The van der Waals surface area contributed by atoms with Gasteiger partial charge in [0.15, 0.2) is 0 Å². The van der Waals surface area contributed by atoms with Crippen LogP contribution >= 0.6 is 0 Å². The number of aromatic nitrogens is 1. The van der Waals surface area contributed by atoms with Crippen molar-refractivity contribution in [2.75, 3.05) is 6.54 Å². The van der Waals surface area contributed by atoms with Crippen molar-refractivity contribution >= 4 is 0 Å². The van der Waals surface area contributed by atoms with Crippen LogP contribution in [0.1, 0.15) is 18.0 Å². The third-order valence-corrected chi connectivity index (χ3v) is 2.00. The van der Waals surface area contributed by atoms with Crippen LogP contribution in [0, 0.1) is 5.82 Å². The van der Waals surface area contributed by atoms with E-state index in [1.807, 2.05) is 0 Å². The fraction of sp³-hybridized carbons (Fsp3) is 0.375. The van der Waals surface area contributed by atoms with Crippen molar-refractivity contribution in [1.82, 2.24) is 10.3 Å². The fourth-order valence-corrected chi connectivity index (χ4v) is 1.22. The zero-order valence-corrected chi connectivity index (χ0v) is 6.05. The Labute approximate surface area is 64.5 Å². The maximum Gasteiger partial charge on any atom is 0.146 e. The van der Waals surface area contributed by atoms with Crippen LogP contribution in [-0.4, -0.2) is 11.5 Å². The highest BCUT2D eigenvalue weighted by atomic mass is 19.1. The Balaban J connectivity index is 2.28. The summed E-state index contributed by atoms with van der Waals surface area (Å²) in [4.78, 5) is 3.68. The van der Waals surface area contributed by atoms with Crippen molar-refractivity contribution in [3.8, 4) is 0 Å². The largest absolute Gasteiger partial charge is 0.310 e. The molecule has 0 radical (unpaired) electrons. The monoisotopic (exact) mass is 152 g/mol. The van der Waals surface area contributed by atoms with E-state index in [-0.39, 0.29) is 11.9 Å². The van der Waals surface area contributed by atoms with Crippen molar-refractivity contribution in [3.63, 3.8) is 0 Å². The molecule has 2 rings (SSSR count). The van der Waals surface area contributed by atoms with Gasteiger partial charge in [0.1, 0.15) is 5.82 Å². The molecule has 0 aliphatic carbocycles. The van der Waals surface area contributed by atoms with Crippen LogP contribution in [-0.2, 0) is 0 Å². The summed E-state index contributed by atoms with van der Waals surface area (Å²) >= 11 is 0. The Bertz CT molecular complexity index is 258. The lowest BCUT2D eigenvalue weighted by atomic mass is 9.99. The summed E-state index contributed by atoms with van der Waals surface area (Å²) in [6.07, 6.45) is 3.91. The highest BCUT2D eigenvalue weighted by molar-refractivity contribution is 5.19. The van der Waals surface area contributed by atoms with Gasteiger partial charge in [-0.15, -0.1) is 0 Å². The molecule has 0 aromatic carbocycles. The molecule has 0 bridgehead atoms. The van der Waals surface area contributed by atoms with E-state index in [9.17, 15) is 4.39 Å². The second kappa shape index (κ2) is 2.58. The minimum Gasteiger partial charge on any atom is -0.310 e. The maximum absolute atomic E-state index is 13.0. The van der Waals surface area contributed by atoms with E-state index in [1.165, 1.54) is 6.20 Å². The minimum absolute atomic E-state index is 0.204. The minimum atomic E-state index is -0.204. The number of pyridine rings is 1. The summed E-state index contributed by atoms with van der Waals surface area (Å²) in [7, 11) is 0. The molecule has 2 heterocycles. The van der Waals surface area contributed by atoms with Gasteiger partial charge in [0.25, 0.3) is 0 Å². The molecule has 58 valence electrons. The second-order valence-corrected chi connectivity index (χ2v) is 2.69. The molecular formula is C8H9FN2. The molecule has 1 atom stereocenters. The van der Waals surface area contributed by atoms with Gasteiger partial charge in [0.2, 0.25) is 0 Å². The summed E-state index contributed by atoms with van der Waals surface area (Å²) in [5.74, 6) is -0.204. The van der Waals surface area contributed by atoms with Gasteiger partial charge in [-0.2, -0.15) is 0 Å². The molecule has 1 aromatic heterocycles. The Hall–Kier alpha value is -0.960. The summed E-state index contributed by atoms with van der Waals surface area (Å²) in [6.45, 7) is 0.992. The molecule has 1 aliphatic heterocycles. The van der Waals surface area contributed by atoms with Crippen LogP contribution in [0.4, 0.5) is 4.39 Å². The predicted octanol–water partition coefficient (Wildman–Crippen LogP) is 1.26. The smallest absolute Gasteiger partial charge is 0.146 e. The molecular weight excluding hydrogens is 143 g/mol. The third-order valence-electron chi connectivity index (χ3n) is 2.00. The van der Waals surface area contributed by atoms with E-state index in [1.54, 1.807) is 12.3 Å². The third kappa shape index (κ3) is 1.12. The lowest BCUT2D eigenvalue weighted by molar-refractivity contribution is 0.369. The van der Waals surface area contributed by atoms with Crippen LogP contribution in [0.5, 0.6) is 0 Å². The molecule has 1 unspecified atom stereocenters. The molecule has 1 aliphatic rings. The van der Waals surface area contributed by atoms with Crippen LogP contribution in [0.2, 0.25) is 0 Å². The number of nitrogens with zero attached hydrogens (tertiary/aromatic N) is 1. The Morgan fingerprint density at radius 2 is 2.45 bits per heavy atom. The highest BCUT2D eigenvalue weighted by Crippen LogP contribution is 2.23.